The minimum Gasteiger partial charge on any atom is -0.483 e. The lowest BCUT2D eigenvalue weighted by atomic mass is 9.94. The van der Waals surface area contributed by atoms with Crippen LogP contribution >= 0.6 is 0 Å². The van der Waals surface area contributed by atoms with Crippen molar-refractivity contribution < 1.29 is 4.74 Å². The molecule has 0 saturated carbocycles. The normalized spacial score (nSPS) is 21.3. The average Bonchev–Trinajstić information content (AvgIpc) is 2.74. The summed E-state index contributed by atoms with van der Waals surface area (Å²) in [4.78, 5) is 2.44. The van der Waals surface area contributed by atoms with E-state index in [1.807, 2.05) is 0 Å². The molecule has 0 aliphatic carbocycles. The van der Waals surface area contributed by atoms with Crippen LogP contribution in [-0.4, -0.2) is 36.2 Å². The summed E-state index contributed by atoms with van der Waals surface area (Å²) in [6, 6.07) is 6.98. The predicted octanol–water partition coefficient (Wildman–Crippen LogP) is 2.52. The zero-order valence-corrected chi connectivity index (χ0v) is 11.5. The van der Waals surface area contributed by atoms with Crippen molar-refractivity contribution in [3.8, 4) is 5.75 Å². The van der Waals surface area contributed by atoms with Crippen molar-refractivity contribution in [1.82, 2.24) is 4.90 Å². The predicted molar refractivity (Wildman–Crippen MR) is 74.4 cm³/mol. The minimum absolute atomic E-state index is 0.0241. The highest BCUT2D eigenvalue weighted by molar-refractivity contribution is 5.65. The molecular formula is C15H22N2O. The van der Waals surface area contributed by atoms with Gasteiger partial charge in [-0.3, -0.25) is 4.90 Å². The maximum atomic E-state index is 6.26. The van der Waals surface area contributed by atoms with Crippen LogP contribution in [0, 0.1) is 0 Å². The molecule has 2 heterocycles. The van der Waals surface area contributed by atoms with Gasteiger partial charge >= 0.3 is 0 Å². The molecular weight excluding hydrogens is 224 g/mol. The molecule has 2 aliphatic heterocycles. The van der Waals surface area contributed by atoms with Gasteiger partial charge in [0.15, 0.2) is 0 Å². The van der Waals surface area contributed by atoms with Gasteiger partial charge in [-0.2, -0.15) is 0 Å². The number of para-hydroxylation sites is 1. The van der Waals surface area contributed by atoms with Crippen molar-refractivity contribution in [2.24, 2.45) is 0 Å². The second-order valence-electron chi connectivity index (χ2n) is 6.02. The topological polar surface area (TPSA) is 24.5 Å². The molecule has 3 rings (SSSR count). The Bertz CT molecular complexity index is 450. The summed E-state index contributed by atoms with van der Waals surface area (Å²) in [7, 11) is 0. The average molecular weight is 246 g/mol. The molecule has 1 aromatic rings. The van der Waals surface area contributed by atoms with Crippen LogP contribution in [0.5, 0.6) is 5.75 Å². The van der Waals surface area contributed by atoms with Crippen LogP contribution in [0.25, 0.3) is 0 Å². The van der Waals surface area contributed by atoms with E-state index in [1.165, 1.54) is 11.3 Å². The molecule has 98 valence electrons. The van der Waals surface area contributed by atoms with Crippen LogP contribution in [0.4, 0.5) is 5.69 Å². The molecule has 1 saturated heterocycles. The summed E-state index contributed by atoms with van der Waals surface area (Å²) < 4.78 is 6.26. The van der Waals surface area contributed by atoms with Crippen molar-refractivity contribution >= 4 is 5.69 Å². The zero-order valence-electron chi connectivity index (χ0n) is 11.5. The first-order valence-electron chi connectivity index (χ1n) is 6.86. The van der Waals surface area contributed by atoms with E-state index < -0.39 is 0 Å². The first-order chi connectivity index (χ1) is 8.57. The molecule has 1 fully saturated rings. The van der Waals surface area contributed by atoms with Gasteiger partial charge < -0.3 is 10.1 Å². The van der Waals surface area contributed by atoms with Crippen LogP contribution in [0.1, 0.15) is 26.3 Å². The van der Waals surface area contributed by atoms with Crippen molar-refractivity contribution in [2.75, 3.05) is 25.0 Å². The number of nitrogens with one attached hydrogen (secondary N) is 1. The summed E-state index contributed by atoms with van der Waals surface area (Å²) >= 11 is 0. The van der Waals surface area contributed by atoms with E-state index in [9.17, 15) is 0 Å². The number of hydrogen-bond acceptors (Lipinski definition) is 3. The number of fused-ring (bicyclic) bond motifs is 1. The highest BCUT2D eigenvalue weighted by Crippen LogP contribution is 2.37. The molecule has 18 heavy (non-hydrogen) atoms. The highest BCUT2D eigenvalue weighted by atomic mass is 16.5. The second kappa shape index (κ2) is 4.16. The molecule has 2 aliphatic rings. The Hall–Kier alpha value is -1.22. The summed E-state index contributed by atoms with van der Waals surface area (Å²) in [5.41, 5.74) is 2.57. The van der Waals surface area contributed by atoms with Crippen molar-refractivity contribution in [3.63, 3.8) is 0 Å². The van der Waals surface area contributed by atoms with Gasteiger partial charge in [-0.1, -0.05) is 12.1 Å². The van der Waals surface area contributed by atoms with Gasteiger partial charge in [0.1, 0.15) is 11.4 Å². The van der Waals surface area contributed by atoms with Crippen LogP contribution < -0.4 is 10.1 Å². The number of likely N-dealkylation sites (tertiary alicyclic amines) is 1. The Kier molecular flexibility index (Phi) is 2.74. The molecule has 3 heteroatoms. The molecule has 1 N–H and O–H groups in total. The third-order valence-corrected chi connectivity index (χ3v) is 3.97. The third-order valence-electron chi connectivity index (χ3n) is 3.97. The molecule has 0 amide bonds. The molecule has 3 nitrogen and oxygen atoms in total. The van der Waals surface area contributed by atoms with Crippen LogP contribution in [0.3, 0.4) is 0 Å². The molecule has 0 atom stereocenters. The van der Waals surface area contributed by atoms with E-state index in [4.69, 9.17) is 4.74 Å². The van der Waals surface area contributed by atoms with Crippen molar-refractivity contribution in [1.29, 1.82) is 0 Å². The minimum atomic E-state index is -0.0241. The molecule has 0 radical (unpaired) electrons. The van der Waals surface area contributed by atoms with E-state index in [0.29, 0.717) is 6.04 Å². The summed E-state index contributed by atoms with van der Waals surface area (Å²) in [5.74, 6) is 1.02. The Balaban J connectivity index is 1.73. The third kappa shape index (κ3) is 1.97. The standard InChI is InChI=1S/C15H22N2O/c1-11(2)17-9-15(3,10-17)18-13-6-4-5-12-7-8-16-14(12)13/h4-6,11,16H,7-10H2,1-3H3. The van der Waals surface area contributed by atoms with E-state index in [2.05, 4.69) is 49.2 Å². The van der Waals surface area contributed by atoms with E-state index >= 15 is 0 Å². The first kappa shape index (κ1) is 11.8. The first-order valence-corrected chi connectivity index (χ1v) is 6.86. The van der Waals surface area contributed by atoms with Gasteiger partial charge in [-0.25, -0.2) is 0 Å². The lowest BCUT2D eigenvalue weighted by molar-refractivity contribution is -0.0771. The van der Waals surface area contributed by atoms with E-state index in [1.54, 1.807) is 0 Å². The fourth-order valence-electron chi connectivity index (χ4n) is 2.90. The summed E-state index contributed by atoms with van der Waals surface area (Å²) in [5, 5.41) is 3.43. The lowest BCUT2D eigenvalue weighted by Crippen LogP contribution is -2.64. The monoisotopic (exact) mass is 246 g/mol. The quantitative estimate of drug-likeness (QED) is 0.887. The Labute approximate surface area is 109 Å². The van der Waals surface area contributed by atoms with Crippen molar-refractivity contribution in [2.45, 2.75) is 38.8 Å². The number of nitrogens with zero attached hydrogens (tertiary/aromatic N) is 1. The smallest absolute Gasteiger partial charge is 0.143 e. The second-order valence-corrected chi connectivity index (χ2v) is 6.02. The maximum absolute atomic E-state index is 6.26. The molecule has 1 aromatic carbocycles. The molecule has 0 unspecified atom stereocenters. The fourth-order valence-corrected chi connectivity index (χ4v) is 2.90. The number of benzene rings is 1. The Morgan fingerprint density at radius 3 is 2.83 bits per heavy atom. The fraction of sp³-hybridized carbons (Fsp3) is 0.600. The number of rotatable bonds is 3. The summed E-state index contributed by atoms with van der Waals surface area (Å²) in [6.45, 7) is 9.76. The van der Waals surface area contributed by atoms with Gasteiger partial charge in [-0.15, -0.1) is 0 Å². The molecule has 0 bridgehead atoms. The Morgan fingerprint density at radius 1 is 1.33 bits per heavy atom. The van der Waals surface area contributed by atoms with Gasteiger partial charge in [0.25, 0.3) is 0 Å². The Morgan fingerprint density at radius 2 is 2.11 bits per heavy atom. The molecule has 0 aromatic heterocycles. The highest BCUT2D eigenvalue weighted by Gasteiger charge is 2.42. The van der Waals surface area contributed by atoms with E-state index in [0.717, 1.165) is 31.8 Å². The number of ether oxygens (including phenoxy) is 1. The maximum Gasteiger partial charge on any atom is 0.143 e. The van der Waals surface area contributed by atoms with Gasteiger partial charge in [0.05, 0.1) is 5.69 Å². The summed E-state index contributed by atoms with van der Waals surface area (Å²) in [6.07, 6.45) is 1.11. The van der Waals surface area contributed by atoms with Crippen LogP contribution in [-0.2, 0) is 6.42 Å². The van der Waals surface area contributed by atoms with Crippen LogP contribution in [0.15, 0.2) is 18.2 Å². The van der Waals surface area contributed by atoms with E-state index in [-0.39, 0.29) is 5.60 Å². The van der Waals surface area contributed by atoms with Gasteiger partial charge in [-0.05, 0) is 38.8 Å². The van der Waals surface area contributed by atoms with Gasteiger partial charge in [0, 0.05) is 25.7 Å². The van der Waals surface area contributed by atoms with Gasteiger partial charge in [0.2, 0.25) is 0 Å². The largest absolute Gasteiger partial charge is 0.483 e. The lowest BCUT2D eigenvalue weighted by Gasteiger charge is -2.49. The number of hydrogen-bond donors (Lipinski definition) is 1. The van der Waals surface area contributed by atoms with Crippen LogP contribution in [0.2, 0.25) is 0 Å². The van der Waals surface area contributed by atoms with Crippen molar-refractivity contribution in [3.05, 3.63) is 23.8 Å². The number of anilines is 1. The molecule has 0 spiro atoms. The SMILES string of the molecule is CC(C)N1CC(C)(Oc2cccc3c2NCC3)C1. The zero-order chi connectivity index (χ0) is 12.8.